The Kier molecular flexibility index (Phi) is 3.77. The molecule has 126 valence electrons. The molecule has 2 saturated carbocycles. The van der Waals surface area contributed by atoms with Crippen LogP contribution in [-0.2, 0) is 4.74 Å². The topological polar surface area (TPSA) is 39.7 Å². The lowest BCUT2D eigenvalue weighted by atomic mass is 9.46. The molecule has 3 aliphatic rings. The summed E-state index contributed by atoms with van der Waals surface area (Å²) in [6, 6.07) is 7.12. The van der Waals surface area contributed by atoms with E-state index in [1.807, 2.05) is 6.07 Å². The Hall–Kier alpha value is -1.26. The third-order valence-electron chi connectivity index (χ3n) is 6.37. The summed E-state index contributed by atoms with van der Waals surface area (Å²) in [5, 5.41) is 3.91. The van der Waals surface area contributed by atoms with Crippen LogP contribution in [-0.4, -0.2) is 33.0 Å². The molecule has 4 atom stereocenters. The van der Waals surface area contributed by atoms with Gasteiger partial charge in [0.2, 0.25) is 0 Å². The molecule has 1 spiro atoms. The number of nitrogens with one attached hydrogen (secondary N) is 1. The zero-order valence-electron chi connectivity index (χ0n) is 14.3. The fourth-order valence-electron chi connectivity index (χ4n) is 4.98. The van der Waals surface area contributed by atoms with E-state index >= 15 is 0 Å². The Morgan fingerprint density at radius 1 is 1.22 bits per heavy atom. The van der Waals surface area contributed by atoms with Gasteiger partial charge in [-0.25, -0.2) is 0 Å². The maximum Gasteiger partial charge on any atom is 0.161 e. The van der Waals surface area contributed by atoms with E-state index in [-0.39, 0.29) is 0 Å². The van der Waals surface area contributed by atoms with Crippen LogP contribution < -0.4 is 14.8 Å². The maximum absolute atomic E-state index is 6.02. The molecule has 1 saturated heterocycles. The molecule has 2 aliphatic carbocycles. The molecule has 4 nitrogen and oxygen atoms in total. The first kappa shape index (κ1) is 15.3. The number of hydrogen-bond acceptors (Lipinski definition) is 4. The van der Waals surface area contributed by atoms with Crippen molar-refractivity contribution in [2.45, 2.75) is 50.8 Å². The first-order valence-corrected chi connectivity index (χ1v) is 8.79. The summed E-state index contributed by atoms with van der Waals surface area (Å²) in [7, 11) is 3.36. The van der Waals surface area contributed by atoms with Gasteiger partial charge < -0.3 is 19.5 Å². The van der Waals surface area contributed by atoms with E-state index in [1.165, 1.54) is 31.2 Å². The average molecular weight is 317 g/mol. The largest absolute Gasteiger partial charge is 0.493 e. The smallest absolute Gasteiger partial charge is 0.161 e. The third kappa shape index (κ3) is 2.18. The first-order valence-electron chi connectivity index (χ1n) is 8.79. The lowest BCUT2D eigenvalue weighted by Gasteiger charge is -2.64. The molecule has 1 heterocycles. The van der Waals surface area contributed by atoms with Gasteiger partial charge >= 0.3 is 0 Å². The summed E-state index contributed by atoms with van der Waals surface area (Å²) in [5.74, 6) is 2.29. The van der Waals surface area contributed by atoms with E-state index in [9.17, 15) is 0 Å². The first-order chi connectivity index (χ1) is 11.2. The Morgan fingerprint density at radius 3 is 2.65 bits per heavy atom. The van der Waals surface area contributed by atoms with Crippen molar-refractivity contribution in [3.63, 3.8) is 0 Å². The quantitative estimate of drug-likeness (QED) is 0.904. The van der Waals surface area contributed by atoms with Crippen LogP contribution in [0.25, 0.3) is 0 Å². The highest BCUT2D eigenvalue weighted by atomic mass is 16.5. The van der Waals surface area contributed by atoms with Gasteiger partial charge in [-0.1, -0.05) is 12.5 Å². The molecule has 1 aromatic rings. The molecule has 0 aromatic heterocycles. The van der Waals surface area contributed by atoms with E-state index < -0.39 is 0 Å². The second-order valence-electron chi connectivity index (χ2n) is 7.31. The van der Waals surface area contributed by atoms with E-state index in [0.717, 1.165) is 18.1 Å². The van der Waals surface area contributed by atoms with Gasteiger partial charge in [-0.3, -0.25) is 0 Å². The van der Waals surface area contributed by atoms with Crippen LogP contribution in [0.1, 0.15) is 44.2 Å². The zero-order valence-corrected chi connectivity index (χ0v) is 14.3. The monoisotopic (exact) mass is 317 g/mol. The highest BCUT2D eigenvalue weighted by Gasteiger charge is 2.66. The van der Waals surface area contributed by atoms with Crippen LogP contribution in [0.2, 0.25) is 0 Å². The van der Waals surface area contributed by atoms with Crippen molar-refractivity contribution >= 4 is 0 Å². The minimum absolute atomic E-state index is 0.304. The number of ether oxygens (including phenoxy) is 3. The molecular weight excluding hydrogens is 290 g/mol. The van der Waals surface area contributed by atoms with Gasteiger partial charge in [0.15, 0.2) is 11.5 Å². The van der Waals surface area contributed by atoms with Crippen LogP contribution >= 0.6 is 0 Å². The standard InChI is InChI=1S/C19H27NO3/c1-12(13-5-6-15(21-2)16(11-13)22-3)20-17-14-7-10-23-18(14)19(17)8-4-9-19/h5-6,11-12,14,17-18,20H,4,7-10H2,1-3H3/t12-,14-,17+,18-/m0/s1. The van der Waals surface area contributed by atoms with Gasteiger partial charge in [-0.2, -0.15) is 0 Å². The fourth-order valence-corrected chi connectivity index (χ4v) is 4.98. The molecule has 0 radical (unpaired) electrons. The number of rotatable bonds is 5. The number of benzene rings is 1. The van der Waals surface area contributed by atoms with Gasteiger partial charge in [0.1, 0.15) is 0 Å². The van der Waals surface area contributed by atoms with Gasteiger partial charge in [0.05, 0.1) is 20.3 Å². The lowest BCUT2D eigenvalue weighted by molar-refractivity contribution is -0.178. The van der Waals surface area contributed by atoms with Gasteiger partial charge in [0, 0.05) is 30.0 Å². The Bertz CT molecular complexity index is 584. The number of fused-ring (bicyclic) bond motifs is 2. The van der Waals surface area contributed by atoms with Gasteiger partial charge in [0.25, 0.3) is 0 Å². The lowest BCUT2D eigenvalue weighted by Crippen LogP contribution is -2.71. The summed E-state index contributed by atoms with van der Waals surface area (Å²) in [5.41, 5.74) is 1.67. The Labute approximate surface area is 138 Å². The Morgan fingerprint density at radius 2 is 2.00 bits per heavy atom. The van der Waals surface area contributed by atoms with E-state index in [4.69, 9.17) is 14.2 Å². The molecule has 0 bridgehead atoms. The normalized spacial score (nSPS) is 31.9. The van der Waals surface area contributed by atoms with Crippen molar-refractivity contribution in [2.75, 3.05) is 20.8 Å². The molecule has 4 rings (SSSR count). The molecule has 0 unspecified atom stereocenters. The van der Waals surface area contributed by atoms with Crippen LogP contribution in [0.4, 0.5) is 0 Å². The predicted molar refractivity (Wildman–Crippen MR) is 89.0 cm³/mol. The van der Waals surface area contributed by atoms with Gasteiger partial charge in [-0.15, -0.1) is 0 Å². The number of methoxy groups -OCH3 is 2. The molecule has 1 aromatic carbocycles. The Balaban J connectivity index is 1.50. The highest BCUT2D eigenvalue weighted by Crippen LogP contribution is 2.63. The van der Waals surface area contributed by atoms with E-state index in [1.54, 1.807) is 14.2 Å². The molecule has 0 amide bonds. The van der Waals surface area contributed by atoms with Crippen LogP contribution in [0, 0.1) is 11.3 Å². The molecule has 4 heteroatoms. The molecule has 3 fully saturated rings. The van der Waals surface area contributed by atoms with Crippen molar-refractivity contribution in [2.24, 2.45) is 11.3 Å². The van der Waals surface area contributed by atoms with E-state index in [2.05, 4.69) is 24.4 Å². The van der Waals surface area contributed by atoms with E-state index in [0.29, 0.717) is 29.5 Å². The molecule has 1 N–H and O–H groups in total. The van der Waals surface area contributed by atoms with Crippen molar-refractivity contribution in [3.05, 3.63) is 23.8 Å². The minimum Gasteiger partial charge on any atom is -0.493 e. The fraction of sp³-hybridized carbons (Fsp3) is 0.684. The molecule has 1 aliphatic heterocycles. The van der Waals surface area contributed by atoms with Crippen LogP contribution in [0.15, 0.2) is 18.2 Å². The average Bonchev–Trinajstić information content (AvgIpc) is 2.95. The number of hydrogen-bond donors (Lipinski definition) is 1. The van der Waals surface area contributed by atoms with Crippen molar-refractivity contribution < 1.29 is 14.2 Å². The zero-order chi connectivity index (χ0) is 16.0. The van der Waals surface area contributed by atoms with Crippen LogP contribution in [0.5, 0.6) is 11.5 Å². The predicted octanol–water partition coefficient (Wildman–Crippen LogP) is 3.31. The summed E-state index contributed by atoms with van der Waals surface area (Å²) >= 11 is 0. The van der Waals surface area contributed by atoms with Crippen molar-refractivity contribution in [3.8, 4) is 11.5 Å². The summed E-state index contributed by atoms with van der Waals surface area (Å²) < 4.78 is 16.8. The van der Waals surface area contributed by atoms with Gasteiger partial charge in [-0.05, 0) is 43.9 Å². The summed E-state index contributed by atoms with van der Waals surface area (Å²) in [4.78, 5) is 0. The van der Waals surface area contributed by atoms with Crippen molar-refractivity contribution in [1.82, 2.24) is 5.32 Å². The summed E-state index contributed by atoms with van der Waals surface area (Å²) in [6.45, 7) is 3.19. The maximum atomic E-state index is 6.02. The minimum atomic E-state index is 0.304. The SMILES string of the molecule is COc1ccc([C@H](C)N[C@@H]2[C@@H]3CCO[C@@H]3C23CCC3)cc1OC. The third-order valence-corrected chi connectivity index (χ3v) is 6.37. The second-order valence-corrected chi connectivity index (χ2v) is 7.31. The van der Waals surface area contributed by atoms with Crippen LogP contribution in [0.3, 0.4) is 0 Å². The molecule has 23 heavy (non-hydrogen) atoms. The highest BCUT2D eigenvalue weighted by molar-refractivity contribution is 5.43. The summed E-state index contributed by atoms with van der Waals surface area (Å²) in [6.07, 6.45) is 5.74. The molecular formula is C19H27NO3. The second kappa shape index (κ2) is 5.67. The van der Waals surface area contributed by atoms with Crippen molar-refractivity contribution in [1.29, 1.82) is 0 Å².